The van der Waals surface area contributed by atoms with Gasteiger partial charge in [0, 0.05) is 18.2 Å². The summed E-state index contributed by atoms with van der Waals surface area (Å²) in [5.41, 5.74) is 3.43. The van der Waals surface area contributed by atoms with Crippen molar-refractivity contribution in [2.45, 2.75) is 13.3 Å². The predicted octanol–water partition coefficient (Wildman–Crippen LogP) is 2.72. The molecule has 0 aliphatic rings. The third-order valence-electron chi connectivity index (χ3n) is 3.17. The summed E-state index contributed by atoms with van der Waals surface area (Å²) in [6, 6.07) is 16.6. The molecule has 2 aromatic heterocycles. The normalized spacial score (nSPS) is 9.96. The number of aromatic nitrogens is 2. The third kappa shape index (κ3) is 3.74. The second kappa shape index (κ2) is 7.22. The van der Waals surface area contributed by atoms with Crippen LogP contribution in [0.25, 0.3) is 16.8 Å². The maximum atomic E-state index is 9.10. The van der Waals surface area contributed by atoms with Crippen molar-refractivity contribution in [1.29, 1.82) is 0 Å². The first-order valence-corrected chi connectivity index (χ1v) is 7.02. The number of nitrogens with zero attached hydrogens (tertiary/aromatic N) is 2. The van der Waals surface area contributed by atoms with Crippen LogP contribution in [0, 0.1) is 0 Å². The van der Waals surface area contributed by atoms with Gasteiger partial charge in [0.05, 0.1) is 11.2 Å². The molecule has 6 heteroatoms. The highest BCUT2D eigenvalue weighted by Gasteiger charge is 2.10. The monoisotopic (exact) mass is 312 g/mol. The highest BCUT2D eigenvalue weighted by Crippen LogP contribution is 2.24. The quantitative estimate of drug-likeness (QED) is 0.710. The van der Waals surface area contributed by atoms with E-state index >= 15 is 0 Å². The molecule has 3 rings (SSSR count). The average Bonchev–Trinajstić information content (AvgIpc) is 2.95. The third-order valence-corrected chi connectivity index (χ3v) is 3.17. The van der Waals surface area contributed by atoms with Crippen LogP contribution in [0.4, 0.5) is 0 Å². The molecule has 23 heavy (non-hydrogen) atoms. The largest absolute Gasteiger partial charge is 0.473 e. The first-order valence-electron chi connectivity index (χ1n) is 7.02. The van der Waals surface area contributed by atoms with E-state index < -0.39 is 11.9 Å². The van der Waals surface area contributed by atoms with Gasteiger partial charge < -0.3 is 14.6 Å². The fraction of sp³-hybridized carbons (Fsp3) is 0.118. The molecule has 0 unspecified atom stereocenters. The Morgan fingerprint density at radius 1 is 1.00 bits per heavy atom. The van der Waals surface area contributed by atoms with Crippen molar-refractivity contribution < 1.29 is 19.8 Å². The van der Waals surface area contributed by atoms with Crippen LogP contribution < -0.4 is 0 Å². The molecule has 0 spiro atoms. The highest BCUT2D eigenvalue weighted by molar-refractivity contribution is 6.27. The Bertz CT molecular complexity index is 813. The number of aryl methyl sites for hydroxylation is 1. The van der Waals surface area contributed by atoms with Crippen molar-refractivity contribution in [2.75, 3.05) is 0 Å². The molecule has 0 bridgehead atoms. The van der Waals surface area contributed by atoms with E-state index in [1.165, 1.54) is 11.1 Å². The van der Waals surface area contributed by atoms with E-state index in [0.29, 0.717) is 0 Å². The van der Waals surface area contributed by atoms with Crippen LogP contribution in [-0.2, 0) is 16.0 Å². The van der Waals surface area contributed by atoms with Gasteiger partial charge in [-0.2, -0.15) is 0 Å². The Morgan fingerprint density at radius 2 is 1.61 bits per heavy atom. The minimum atomic E-state index is -1.82. The first-order chi connectivity index (χ1) is 11.0. The Kier molecular flexibility index (Phi) is 5.09. The minimum Gasteiger partial charge on any atom is -0.473 e. The lowest BCUT2D eigenvalue weighted by molar-refractivity contribution is -0.159. The summed E-state index contributed by atoms with van der Waals surface area (Å²) in [4.78, 5) is 22.9. The van der Waals surface area contributed by atoms with E-state index in [0.717, 1.165) is 17.9 Å². The fourth-order valence-electron chi connectivity index (χ4n) is 2.16. The summed E-state index contributed by atoms with van der Waals surface area (Å²) in [6.45, 7) is 2.14. The molecule has 0 fully saturated rings. The van der Waals surface area contributed by atoms with Crippen LogP contribution >= 0.6 is 0 Å². The number of benzene rings is 1. The van der Waals surface area contributed by atoms with Gasteiger partial charge in [-0.25, -0.2) is 14.6 Å². The van der Waals surface area contributed by atoms with E-state index in [1.807, 2.05) is 12.1 Å². The van der Waals surface area contributed by atoms with Crippen molar-refractivity contribution in [3.63, 3.8) is 0 Å². The number of fused-ring (bicyclic) bond motifs is 1. The number of hydrogen-bond acceptors (Lipinski definition) is 3. The molecule has 0 aliphatic carbocycles. The van der Waals surface area contributed by atoms with E-state index in [9.17, 15) is 0 Å². The number of imidazole rings is 1. The van der Waals surface area contributed by atoms with Gasteiger partial charge in [-0.3, -0.25) is 0 Å². The summed E-state index contributed by atoms with van der Waals surface area (Å²) < 4.78 is 2.17. The molecule has 0 amide bonds. The van der Waals surface area contributed by atoms with Gasteiger partial charge in [0.1, 0.15) is 5.82 Å². The minimum absolute atomic E-state index is 0.942. The van der Waals surface area contributed by atoms with Crippen molar-refractivity contribution in [1.82, 2.24) is 9.38 Å². The second-order valence-corrected chi connectivity index (χ2v) is 4.66. The van der Waals surface area contributed by atoms with Crippen molar-refractivity contribution >= 4 is 17.5 Å². The van der Waals surface area contributed by atoms with Crippen LogP contribution in [0.3, 0.4) is 0 Å². The number of aliphatic carboxylic acids is 2. The van der Waals surface area contributed by atoms with Crippen LogP contribution in [-0.4, -0.2) is 31.5 Å². The molecule has 3 aromatic rings. The van der Waals surface area contributed by atoms with Crippen LogP contribution in [0.5, 0.6) is 0 Å². The molecular weight excluding hydrogens is 296 g/mol. The van der Waals surface area contributed by atoms with Gasteiger partial charge in [0.15, 0.2) is 0 Å². The zero-order valence-electron chi connectivity index (χ0n) is 12.5. The molecule has 0 aliphatic heterocycles. The standard InChI is InChI=1S/C15H14N2.C2H2O4/c1-2-14-16-15(12-8-4-3-5-9-12)13-10-6-7-11-17(13)14;3-1(4)2(5)6/h3-11H,2H2,1H3;(H,3,4)(H,5,6). The van der Waals surface area contributed by atoms with Gasteiger partial charge in [-0.1, -0.05) is 43.3 Å². The topological polar surface area (TPSA) is 91.9 Å². The van der Waals surface area contributed by atoms with E-state index in [2.05, 4.69) is 53.9 Å². The van der Waals surface area contributed by atoms with E-state index in [4.69, 9.17) is 24.8 Å². The van der Waals surface area contributed by atoms with Gasteiger partial charge >= 0.3 is 11.9 Å². The molecular formula is C17H16N2O4. The molecule has 1 aromatic carbocycles. The number of pyridine rings is 1. The molecule has 2 heterocycles. The fourth-order valence-corrected chi connectivity index (χ4v) is 2.16. The van der Waals surface area contributed by atoms with Crippen LogP contribution in [0.1, 0.15) is 12.7 Å². The van der Waals surface area contributed by atoms with E-state index in [-0.39, 0.29) is 0 Å². The molecule has 0 saturated heterocycles. The lowest BCUT2D eigenvalue weighted by atomic mass is 10.1. The number of carboxylic acids is 2. The first kappa shape index (κ1) is 16.2. The summed E-state index contributed by atoms with van der Waals surface area (Å²) in [5.74, 6) is -2.54. The summed E-state index contributed by atoms with van der Waals surface area (Å²) in [6.07, 6.45) is 3.02. The summed E-state index contributed by atoms with van der Waals surface area (Å²) in [7, 11) is 0. The Balaban J connectivity index is 0.000000277. The maximum absolute atomic E-state index is 9.10. The number of rotatable bonds is 2. The molecule has 0 radical (unpaired) electrons. The van der Waals surface area contributed by atoms with Crippen molar-refractivity contribution in [2.24, 2.45) is 0 Å². The van der Waals surface area contributed by atoms with Crippen LogP contribution in [0.15, 0.2) is 54.7 Å². The average molecular weight is 312 g/mol. The smallest absolute Gasteiger partial charge is 0.414 e. The Labute approximate surface area is 132 Å². The lowest BCUT2D eigenvalue weighted by Gasteiger charge is -1.98. The maximum Gasteiger partial charge on any atom is 0.414 e. The van der Waals surface area contributed by atoms with Gasteiger partial charge in [0.25, 0.3) is 0 Å². The van der Waals surface area contributed by atoms with Gasteiger partial charge in [-0.05, 0) is 12.1 Å². The molecule has 0 saturated carbocycles. The predicted molar refractivity (Wildman–Crippen MR) is 85.3 cm³/mol. The molecule has 118 valence electrons. The number of hydrogen-bond donors (Lipinski definition) is 2. The summed E-state index contributed by atoms with van der Waals surface area (Å²) in [5, 5.41) is 14.8. The van der Waals surface area contributed by atoms with Crippen molar-refractivity contribution in [3.05, 3.63) is 60.6 Å². The SMILES string of the molecule is CCc1nc(-c2ccccc2)c2ccccn12.O=C(O)C(=O)O. The molecule has 6 nitrogen and oxygen atoms in total. The van der Waals surface area contributed by atoms with Crippen LogP contribution in [0.2, 0.25) is 0 Å². The van der Waals surface area contributed by atoms with Gasteiger partial charge in [-0.15, -0.1) is 0 Å². The number of carboxylic acid groups (broad SMARTS) is 2. The summed E-state index contributed by atoms with van der Waals surface area (Å²) >= 11 is 0. The Morgan fingerprint density at radius 3 is 2.17 bits per heavy atom. The lowest BCUT2D eigenvalue weighted by Crippen LogP contribution is -2.09. The highest BCUT2D eigenvalue weighted by atomic mass is 16.4. The van der Waals surface area contributed by atoms with Crippen molar-refractivity contribution in [3.8, 4) is 11.3 Å². The zero-order chi connectivity index (χ0) is 16.8. The number of carbonyl (C=O) groups is 2. The molecule has 2 N–H and O–H groups in total. The van der Waals surface area contributed by atoms with Gasteiger partial charge in [0.2, 0.25) is 0 Å². The zero-order valence-corrected chi connectivity index (χ0v) is 12.5. The Hall–Kier alpha value is -3.15. The second-order valence-electron chi connectivity index (χ2n) is 4.66. The molecule has 0 atom stereocenters. The van der Waals surface area contributed by atoms with E-state index in [1.54, 1.807) is 0 Å².